The average molecular weight is 484 g/mol. The Labute approximate surface area is 206 Å². The summed E-state index contributed by atoms with van der Waals surface area (Å²) in [6, 6.07) is 12.1. The second-order valence-electron chi connectivity index (χ2n) is 10.3. The zero-order valence-corrected chi connectivity index (χ0v) is 23.1. The largest absolute Gasteiger partial charge is 0.540 e. The Hall–Kier alpha value is -2.31. The van der Waals surface area contributed by atoms with Crippen LogP contribution >= 0.6 is 0 Å². The number of esters is 1. The molecule has 0 saturated heterocycles. The maximum Gasteiger partial charge on any atom is 0.337 e. The lowest BCUT2D eigenvalue weighted by atomic mass is 9.98. The predicted octanol–water partition coefficient (Wildman–Crippen LogP) is 6.59. The van der Waals surface area contributed by atoms with E-state index in [9.17, 15) is 4.79 Å². The van der Waals surface area contributed by atoms with Crippen molar-refractivity contribution >= 4 is 14.3 Å². The molecule has 6 heteroatoms. The van der Waals surface area contributed by atoms with Crippen LogP contribution in [0.15, 0.2) is 36.4 Å². The number of rotatable bonds is 9. The number of hydrogen-bond acceptors (Lipinski definition) is 5. The standard InChI is InChI=1S/C28H41NO4Si/c1-19(2)34(20(3)4,21(5)6)33-27-15-23-12-13-29(18-25(23)16-26(27)31-7)17-22-10-9-11-24(14-22)28(30)32-8/h9-11,14-16,19-21H,12-13,17-18H2,1-8H3. The van der Waals surface area contributed by atoms with Gasteiger partial charge in [0.2, 0.25) is 0 Å². The van der Waals surface area contributed by atoms with E-state index in [-0.39, 0.29) is 5.97 Å². The third kappa shape index (κ3) is 5.33. The molecule has 5 nitrogen and oxygen atoms in total. The summed E-state index contributed by atoms with van der Waals surface area (Å²) in [6.45, 7) is 16.4. The van der Waals surface area contributed by atoms with Gasteiger partial charge in [-0.15, -0.1) is 0 Å². The van der Waals surface area contributed by atoms with Gasteiger partial charge in [0.05, 0.1) is 19.8 Å². The Bertz CT molecular complexity index is 980. The highest BCUT2D eigenvalue weighted by molar-refractivity contribution is 6.78. The second-order valence-corrected chi connectivity index (χ2v) is 15.7. The molecule has 0 N–H and O–H groups in total. The Morgan fingerprint density at radius 1 is 0.941 bits per heavy atom. The number of nitrogens with zero attached hydrogens (tertiary/aromatic N) is 1. The third-order valence-corrected chi connectivity index (χ3v) is 13.3. The van der Waals surface area contributed by atoms with Crippen LogP contribution in [0.1, 0.15) is 68.6 Å². The van der Waals surface area contributed by atoms with E-state index >= 15 is 0 Å². The van der Waals surface area contributed by atoms with Gasteiger partial charge in [-0.25, -0.2) is 4.79 Å². The fourth-order valence-corrected chi connectivity index (χ4v) is 11.0. The smallest absolute Gasteiger partial charge is 0.337 e. The monoisotopic (exact) mass is 483 g/mol. The number of fused-ring (bicyclic) bond motifs is 1. The van der Waals surface area contributed by atoms with E-state index in [1.54, 1.807) is 13.2 Å². The molecule has 3 rings (SSSR count). The highest BCUT2D eigenvalue weighted by Gasteiger charge is 2.47. The van der Waals surface area contributed by atoms with Crippen LogP contribution in [0.5, 0.6) is 11.5 Å². The van der Waals surface area contributed by atoms with Crippen LogP contribution < -0.4 is 9.16 Å². The summed E-state index contributed by atoms with van der Waals surface area (Å²) >= 11 is 0. The van der Waals surface area contributed by atoms with Crippen molar-refractivity contribution in [3.05, 3.63) is 58.7 Å². The molecule has 1 aliphatic rings. The van der Waals surface area contributed by atoms with Gasteiger partial charge in [-0.2, -0.15) is 0 Å². The molecule has 1 heterocycles. The van der Waals surface area contributed by atoms with Gasteiger partial charge in [0.15, 0.2) is 5.75 Å². The van der Waals surface area contributed by atoms with Crippen LogP contribution in [-0.4, -0.2) is 40.0 Å². The molecule has 0 aliphatic carbocycles. The molecule has 0 spiro atoms. The Morgan fingerprint density at radius 3 is 2.18 bits per heavy atom. The van der Waals surface area contributed by atoms with Gasteiger partial charge in [-0.05, 0) is 64.0 Å². The number of methoxy groups -OCH3 is 2. The zero-order chi connectivity index (χ0) is 25.0. The molecule has 1 aliphatic heterocycles. The van der Waals surface area contributed by atoms with Crippen LogP contribution in [-0.2, 0) is 24.2 Å². The van der Waals surface area contributed by atoms with Crippen molar-refractivity contribution < 1.29 is 18.7 Å². The summed E-state index contributed by atoms with van der Waals surface area (Å²) < 4.78 is 17.7. The lowest BCUT2D eigenvalue weighted by Gasteiger charge is -2.42. The lowest BCUT2D eigenvalue weighted by Crippen LogP contribution is -2.50. The van der Waals surface area contributed by atoms with Crippen molar-refractivity contribution in [1.29, 1.82) is 0 Å². The maximum atomic E-state index is 11.9. The van der Waals surface area contributed by atoms with Gasteiger partial charge in [-0.3, -0.25) is 4.90 Å². The first-order valence-corrected chi connectivity index (χ1v) is 14.5. The molecule has 0 radical (unpaired) electrons. The maximum absolute atomic E-state index is 11.9. The summed E-state index contributed by atoms with van der Waals surface area (Å²) in [5.41, 5.74) is 5.84. The minimum Gasteiger partial charge on any atom is -0.540 e. The first-order chi connectivity index (χ1) is 16.1. The Balaban J connectivity index is 1.84. The fraction of sp³-hybridized carbons (Fsp3) is 0.536. The topological polar surface area (TPSA) is 48.0 Å². The number of benzene rings is 2. The van der Waals surface area contributed by atoms with Gasteiger partial charge < -0.3 is 13.9 Å². The van der Waals surface area contributed by atoms with Gasteiger partial charge in [0.25, 0.3) is 8.32 Å². The first kappa shape index (κ1) is 26.3. The molecule has 0 aromatic heterocycles. The predicted molar refractivity (Wildman–Crippen MR) is 140 cm³/mol. The zero-order valence-electron chi connectivity index (χ0n) is 22.1. The minimum atomic E-state index is -2.07. The van der Waals surface area contributed by atoms with E-state index in [0.29, 0.717) is 22.2 Å². The van der Waals surface area contributed by atoms with E-state index in [1.165, 1.54) is 18.2 Å². The number of carbonyl (C=O) groups is 1. The summed E-state index contributed by atoms with van der Waals surface area (Å²) in [5, 5.41) is 0. The van der Waals surface area contributed by atoms with E-state index in [1.807, 2.05) is 12.1 Å². The van der Waals surface area contributed by atoms with Gasteiger partial charge in [-0.1, -0.05) is 53.7 Å². The molecule has 0 bridgehead atoms. The van der Waals surface area contributed by atoms with Gasteiger partial charge in [0.1, 0.15) is 5.75 Å². The van der Waals surface area contributed by atoms with E-state index < -0.39 is 8.32 Å². The fourth-order valence-electron chi connectivity index (χ4n) is 5.71. The number of ether oxygens (including phenoxy) is 2. The van der Waals surface area contributed by atoms with E-state index in [4.69, 9.17) is 13.9 Å². The molecule has 0 atom stereocenters. The van der Waals surface area contributed by atoms with Crippen molar-refractivity contribution in [2.75, 3.05) is 20.8 Å². The van der Waals surface area contributed by atoms with Crippen molar-refractivity contribution in [3.63, 3.8) is 0 Å². The Morgan fingerprint density at radius 2 is 1.59 bits per heavy atom. The molecule has 0 amide bonds. The van der Waals surface area contributed by atoms with Crippen molar-refractivity contribution in [2.45, 2.75) is 77.7 Å². The number of hydrogen-bond donors (Lipinski definition) is 0. The lowest BCUT2D eigenvalue weighted by molar-refractivity contribution is 0.0600. The van der Waals surface area contributed by atoms with Crippen LogP contribution in [0.4, 0.5) is 0 Å². The third-order valence-electron chi connectivity index (χ3n) is 7.33. The highest BCUT2D eigenvalue weighted by Crippen LogP contribution is 2.45. The average Bonchev–Trinajstić information content (AvgIpc) is 2.80. The number of carbonyl (C=O) groups excluding carboxylic acids is 1. The van der Waals surface area contributed by atoms with Crippen LogP contribution in [0.2, 0.25) is 16.6 Å². The molecular formula is C28H41NO4Si. The van der Waals surface area contributed by atoms with Crippen LogP contribution in [0, 0.1) is 0 Å². The molecule has 2 aromatic rings. The summed E-state index contributed by atoms with van der Waals surface area (Å²) in [7, 11) is 1.08. The quantitative estimate of drug-likeness (QED) is 0.297. The van der Waals surface area contributed by atoms with Crippen LogP contribution in [0.3, 0.4) is 0 Å². The van der Waals surface area contributed by atoms with Gasteiger partial charge in [0, 0.05) is 19.6 Å². The second kappa shape index (κ2) is 11.0. The summed E-state index contributed by atoms with van der Waals surface area (Å²) in [5.74, 6) is 1.43. The summed E-state index contributed by atoms with van der Waals surface area (Å²) in [4.78, 5) is 14.3. The molecule has 0 saturated carbocycles. The van der Waals surface area contributed by atoms with E-state index in [0.717, 1.165) is 43.1 Å². The molecule has 186 valence electrons. The van der Waals surface area contributed by atoms with Crippen molar-refractivity contribution in [3.8, 4) is 11.5 Å². The molecule has 0 fully saturated rings. The molecular weight excluding hydrogens is 442 g/mol. The van der Waals surface area contributed by atoms with Crippen molar-refractivity contribution in [2.24, 2.45) is 0 Å². The summed E-state index contributed by atoms with van der Waals surface area (Å²) in [6.07, 6.45) is 0.964. The van der Waals surface area contributed by atoms with Crippen molar-refractivity contribution in [1.82, 2.24) is 4.90 Å². The first-order valence-electron chi connectivity index (χ1n) is 12.4. The minimum absolute atomic E-state index is 0.299. The van der Waals surface area contributed by atoms with Crippen LogP contribution in [0.25, 0.3) is 0 Å². The Kier molecular flexibility index (Phi) is 8.47. The molecule has 2 aromatic carbocycles. The SMILES string of the molecule is COC(=O)c1cccc(CN2CCc3cc(O[Si](C(C)C)(C(C)C)C(C)C)c(OC)cc3C2)c1. The molecule has 34 heavy (non-hydrogen) atoms. The normalized spacial score (nSPS) is 14.4. The van der Waals surface area contributed by atoms with Gasteiger partial charge >= 0.3 is 5.97 Å². The van der Waals surface area contributed by atoms with E-state index in [2.05, 4.69) is 64.6 Å². The molecule has 0 unspecified atom stereocenters. The highest BCUT2D eigenvalue weighted by atomic mass is 28.4.